The van der Waals surface area contributed by atoms with Crippen LogP contribution in [0.4, 0.5) is 0 Å². The molecule has 2 saturated heterocycles. The van der Waals surface area contributed by atoms with E-state index in [0.717, 1.165) is 19.1 Å². The quantitative estimate of drug-likeness (QED) is 0.660. The molecule has 2 aliphatic rings. The van der Waals surface area contributed by atoms with Crippen LogP contribution in [-0.2, 0) is 0 Å². The Morgan fingerprint density at radius 2 is 2.06 bits per heavy atom. The Kier molecular flexibility index (Phi) is 5.89. The fraction of sp³-hybridized carbons (Fsp3) is 1.00. The molecule has 4 heteroatoms. The highest BCUT2D eigenvalue weighted by Crippen LogP contribution is 2.20. The van der Waals surface area contributed by atoms with Crippen LogP contribution < -0.4 is 5.32 Å². The van der Waals surface area contributed by atoms with Crippen LogP contribution in [0.15, 0.2) is 0 Å². The molecule has 1 N–H and O–H groups in total. The van der Waals surface area contributed by atoms with Gasteiger partial charge in [0.15, 0.2) is 0 Å². The van der Waals surface area contributed by atoms with Crippen molar-refractivity contribution < 1.29 is 0 Å². The van der Waals surface area contributed by atoms with Crippen molar-refractivity contribution in [2.75, 3.05) is 66.5 Å². The molecule has 0 radical (unpaired) electrons. The molecule has 0 saturated carbocycles. The molecule has 0 aromatic carbocycles. The van der Waals surface area contributed by atoms with Gasteiger partial charge in [-0.2, -0.15) is 0 Å². The van der Waals surface area contributed by atoms with Crippen LogP contribution in [0.1, 0.15) is 19.3 Å². The van der Waals surface area contributed by atoms with Crippen LogP contribution in [0, 0.1) is 0 Å². The second kappa shape index (κ2) is 7.43. The summed E-state index contributed by atoms with van der Waals surface area (Å²) in [7, 11) is 4.28. The molecule has 0 aromatic rings. The number of nitrogens with one attached hydrogen (secondary N) is 1. The molecule has 0 aliphatic carbocycles. The Morgan fingerprint density at radius 1 is 1.17 bits per heavy atom. The molecule has 18 heavy (non-hydrogen) atoms. The summed E-state index contributed by atoms with van der Waals surface area (Å²) in [5, 5.41) is 3.57. The zero-order valence-electron chi connectivity index (χ0n) is 12.2. The lowest BCUT2D eigenvalue weighted by molar-refractivity contribution is 0.105. The van der Waals surface area contributed by atoms with E-state index in [2.05, 4.69) is 34.1 Å². The van der Waals surface area contributed by atoms with Gasteiger partial charge < -0.3 is 10.2 Å². The maximum Gasteiger partial charge on any atom is 0.0224 e. The highest BCUT2D eigenvalue weighted by molar-refractivity contribution is 4.86. The molecule has 4 nitrogen and oxygen atoms in total. The van der Waals surface area contributed by atoms with Crippen LogP contribution in [-0.4, -0.2) is 87.2 Å². The van der Waals surface area contributed by atoms with Crippen molar-refractivity contribution in [3.05, 3.63) is 0 Å². The Morgan fingerprint density at radius 3 is 2.89 bits per heavy atom. The summed E-state index contributed by atoms with van der Waals surface area (Å²) in [4.78, 5) is 7.58. The van der Waals surface area contributed by atoms with Crippen molar-refractivity contribution in [3.63, 3.8) is 0 Å². The smallest absolute Gasteiger partial charge is 0.0224 e. The van der Waals surface area contributed by atoms with Gasteiger partial charge in [0.2, 0.25) is 0 Å². The Bertz CT molecular complexity index is 232. The predicted octanol–water partition coefficient (Wildman–Crippen LogP) is 0.308. The van der Waals surface area contributed by atoms with E-state index in [-0.39, 0.29) is 0 Å². The minimum Gasteiger partial charge on any atom is -0.315 e. The van der Waals surface area contributed by atoms with Gasteiger partial charge >= 0.3 is 0 Å². The summed E-state index contributed by atoms with van der Waals surface area (Å²) < 4.78 is 0. The van der Waals surface area contributed by atoms with Crippen LogP contribution in [0.5, 0.6) is 0 Å². The Balaban J connectivity index is 1.49. The lowest BCUT2D eigenvalue weighted by Gasteiger charge is -2.37. The highest BCUT2D eigenvalue weighted by Gasteiger charge is 2.29. The average Bonchev–Trinajstić information content (AvgIpc) is 2.80. The minimum atomic E-state index is 0.868. The fourth-order valence-electron chi connectivity index (χ4n) is 3.14. The maximum absolute atomic E-state index is 3.57. The highest BCUT2D eigenvalue weighted by atomic mass is 15.3. The van der Waals surface area contributed by atoms with E-state index < -0.39 is 0 Å². The molecular formula is C14H30N4. The first-order valence-corrected chi connectivity index (χ1v) is 7.57. The first kappa shape index (κ1) is 14.3. The van der Waals surface area contributed by atoms with Crippen LogP contribution in [0.2, 0.25) is 0 Å². The van der Waals surface area contributed by atoms with Crippen LogP contribution in [0.3, 0.4) is 0 Å². The molecule has 1 atom stereocenters. The monoisotopic (exact) mass is 254 g/mol. The number of hydrogen-bond donors (Lipinski definition) is 1. The van der Waals surface area contributed by atoms with Gasteiger partial charge in [0.1, 0.15) is 0 Å². The van der Waals surface area contributed by atoms with E-state index in [4.69, 9.17) is 0 Å². The Labute approximate surface area is 112 Å². The molecule has 1 unspecified atom stereocenters. The third kappa shape index (κ3) is 4.50. The van der Waals surface area contributed by atoms with Gasteiger partial charge in [-0.05, 0) is 53.0 Å². The predicted molar refractivity (Wildman–Crippen MR) is 77.1 cm³/mol. The minimum absolute atomic E-state index is 0.868. The SMILES string of the molecule is CN(C)CCCNCCN1CCN2CCCC2C1. The Hall–Kier alpha value is -0.160. The topological polar surface area (TPSA) is 21.8 Å². The second-order valence-corrected chi connectivity index (χ2v) is 6.04. The van der Waals surface area contributed by atoms with Crippen LogP contribution in [0.25, 0.3) is 0 Å². The van der Waals surface area contributed by atoms with Crippen molar-refractivity contribution in [2.45, 2.75) is 25.3 Å². The van der Waals surface area contributed by atoms with Crippen molar-refractivity contribution >= 4 is 0 Å². The van der Waals surface area contributed by atoms with Crippen molar-refractivity contribution in [1.29, 1.82) is 0 Å². The molecule has 0 aromatic heterocycles. The maximum atomic E-state index is 3.57. The number of rotatable bonds is 7. The van der Waals surface area contributed by atoms with E-state index in [1.807, 2.05) is 0 Å². The van der Waals surface area contributed by atoms with E-state index in [9.17, 15) is 0 Å². The normalized spacial score (nSPS) is 25.8. The first-order chi connectivity index (χ1) is 8.75. The summed E-state index contributed by atoms with van der Waals surface area (Å²) in [5.41, 5.74) is 0. The number of nitrogens with zero attached hydrogens (tertiary/aromatic N) is 3. The van der Waals surface area contributed by atoms with Gasteiger partial charge in [-0.15, -0.1) is 0 Å². The molecule has 2 aliphatic heterocycles. The zero-order chi connectivity index (χ0) is 12.8. The van der Waals surface area contributed by atoms with E-state index >= 15 is 0 Å². The molecule has 2 heterocycles. The molecule has 2 rings (SSSR count). The van der Waals surface area contributed by atoms with Crippen molar-refractivity contribution in [2.24, 2.45) is 0 Å². The van der Waals surface area contributed by atoms with E-state index in [0.29, 0.717) is 0 Å². The standard InChI is InChI=1S/C14H30N4/c1-16(2)8-4-6-15-7-10-17-11-12-18-9-3-5-14(18)13-17/h14-15H,3-13H2,1-2H3. The number of fused-ring (bicyclic) bond motifs is 1. The first-order valence-electron chi connectivity index (χ1n) is 7.57. The van der Waals surface area contributed by atoms with Gasteiger partial charge in [-0.1, -0.05) is 0 Å². The summed E-state index contributed by atoms with van der Waals surface area (Å²) >= 11 is 0. The number of piperazine rings is 1. The van der Waals surface area contributed by atoms with Crippen LogP contribution >= 0.6 is 0 Å². The van der Waals surface area contributed by atoms with Gasteiger partial charge in [0.05, 0.1) is 0 Å². The molecular weight excluding hydrogens is 224 g/mol. The average molecular weight is 254 g/mol. The molecule has 0 spiro atoms. The summed E-state index contributed by atoms with van der Waals surface area (Å²) in [5.74, 6) is 0. The number of hydrogen-bond acceptors (Lipinski definition) is 4. The van der Waals surface area contributed by atoms with Gasteiger partial charge in [-0.25, -0.2) is 0 Å². The third-order valence-electron chi connectivity index (χ3n) is 4.24. The summed E-state index contributed by atoms with van der Waals surface area (Å²) in [6.45, 7) is 9.95. The van der Waals surface area contributed by atoms with Crippen molar-refractivity contribution in [1.82, 2.24) is 20.0 Å². The lowest BCUT2D eigenvalue weighted by atomic mass is 10.1. The summed E-state index contributed by atoms with van der Waals surface area (Å²) in [6.07, 6.45) is 4.09. The molecule has 2 fully saturated rings. The van der Waals surface area contributed by atoms with Gasteiger partial charge in [0.25, 0.3) is 0 Å². The van der Waals surface area contributed by atoms with E-state index in [1.54, 1.807) is 0 Å². The molecule has 0 bridgehead atoms. The molecule has 106 valence electrons. The van der Waals surface area contributed by atoms with Gasteiger partial charge in [-0.3, -0.25) is 9.80 Å². The third-order valence-corrected chi connectivity index (χ3v) is 4.24. The zero-order valence-corrected chi connectivity index (χ0v) is 12.2. The fourth-order valence-corrected chi connectivity index (χ4v) is 3.14. The van der Waals surface area contributed by atoms with Crippen molar-refractivity contribution in [3.8, 4) is 0 Å². The summed E-state index contributed by atoms with van der Waals surface area (Å²) in [6, 6.07) is 0.868. The lowest BCUT2D eigenvalue weighted by Crippen LogP contribution is -2.51. The largest absolute Gasteiger partial charge is 0.315 e. The molecule has 0 amide bonds. The van der Waals surface area contributed by atoms with E-state index in [1.165, 1.54) is 58.5 Å². The van der Waals surface area contributed by atoms with Gasteiger partial charge in [0, 0.05) is 38.8 Å². The second-order valence-electron chi connectivity index (χ2n) is 6.04.